The summed E-state index contributed by atoms with van der Waals surface area (Å²) < 4.78 is 58.1. The van der Waals surface area contributed by atoms with Crippen LogP contribution >= 0.6 is 11.8 Å². The molecule has 1 heterocycles. The van der Waals surface area contributed by atoms with Gasteiger partial charge in [-0.1, -0.05) is 0 Å². The summed E-state index contributed by atoms with van der Waals surface area (Å²) in [5.41, 5.74) is -2.84. The average Bonchev–Trinajstić information content (AvgIpc) is 3.35. The van der Waals surface area contributed by atoms with Crippen molar-refractivity contribution in [1.29, 1.82) is 0 Å². The van der Waals surface area contributed by atoms with Gasteiger partial charge in [-0.05, 0) is 61.2 Å². The fourth-order valence-corrected chi connectivity index (χ4v) is 2.98. The number of epoxide rings is 1. The van der Waals surface area contributed by atoms with Gasteiger partial charge in [0, 0.05) is 16.1 Å². The molecule has 27 heavy (non-hydrogen) atoms. The quantitative estimate of drug-likeness (QED) is 0.467. The minimum absolute atomic E-state index is 0.0904. The number of carbonyl (C=O) groups is 2. The Hall–Kier alpha value is -2.39. The highest BCUT2D eigenvalue weighted by Gasteiger charge is 2.47. The highest BCUT2D eigenvalue weighted by molar-refractivity contribution is 8.14. The summed E-state index contributed by atoms with van der Waals surface area (Å²) in [6.45, 7) is 1.71. The van der Waals surface area contributed by atoms with Crippen LogP contribution in [0.15, 0.2) is 47.4 Å². The van der Waals surface area contributed by atoms with Crippen molar-refractivity contribution in [2.24, 2.45) is 0 Å². The predicted molar refractivity (Wildman–Crippen MR) is 91.0 cm³/mol. The van der Waals surface area contributed by atoms with Gasteiger partial charge >= 0.3 is 6.18 Å². The number of ether oxygens (including phenoxy) is 1. The van der Waals surface area contributed by atoms with E-state index in [1.54, 1.807) is 0 Å². The van der Waals surface area contributed by atoms with E-state index in [4.69, 9.17) is 4.74 Å². The Morgan fingerprint density at radius 3 is 2.33 bits per heavy atom. The molecule has 4 nitrogen and oxygen atoms in total. The molecule has 0 bridgehead atoms. The van der Waals surface area contributed by atoms with E-state index in [1.165, 1.54) is 25.1 Å². The maximum absolute atomic E-state index is 13.4. The van der Waals surface area contributed by atoms with Crippen LogP contribution < -0.4 is 5.32 Å². The lowest BCUT2D eigenvalue weighted by Gasteiger charge is -2.15. The number of hydrogen-bond acceptors (Lipinski definition) is 4. The molecule has 0 aromatic heterocycles. The van der Waals surface area contributed by atoms with Gasteiger partial charge in [0.05, 0.1) is 12.2 Å². The van der Waals surface area contributed by atoms with E-state index in [0.717, 1.165) is 18.2 Å². The topological polar surface area (TPSA) is 58.7 Å². The molecular weight excluding hydrogens is 386 g/mol. The smallest absolute Gasteiger partial charge is 0.359 e. The molecule has 2 aromatic rings. The second kappa shape index (κ2) is 6.97. The molecule has 1 saturated heterocycles. The predicted octanol–water partition coefficient (Wildman–Crippen LogP) is 4.50. The summed E-state index contributed by atoms with van der Waals surface area (Å²) in [6, 6.07) is 7.76. The molecule has 0 spiro atoms. The van der Waals surface area contributed by atoms with Gasteiger partial charge in [0.1, 0.15) is 5.82 Å². The first-order valence-corrected chi connectivity index (χ1v) is 8.54. The molecule has 0 aliphatic carbocycles. The first-order valence-electron chi connectivity index (χ1n) is 7.73. The molecule has 1 unspecified atom stereocenters. The minimum atomic E-state index is -4.80. The van der Waals surface area contributed by atoms with Crippen LogP contribution in [0.4, 0.5) is 23.2 Å². The lowest BCUT2D eigenvalue weighted by molar-refractivity contribution is -0.137. The summed E-state index contributed by atoms with van der Waals surface area (Å²) in [7, 11) is 0. The second-order valence-electron chi connectivity index (χ2n) is 6.08. The Labute approximate surface area is 155 Å². The molecule has 1 fully saturated rings. The number of anilines is 1. The highest BCUT2D eigenvalue weighted by Crippen LogP contribution is 2.37. The lowest BCUT2D eigenvalue weighted by atomic mass is 10.1. The van der Waals surface area contributed by atoms with Crippen LogP contribution in [0.25, 0.3) is 0 Å². The fraction of sp³-hybridized carbons (Fsp3) is 0.222. The van der Waals surface area contributed by atoms with Crippen LogP contribution in [0, 0.1) is 5.82 Å². The third-order valence-corrected chi connectivity index (χ3v) is 4.80. The van der Waals surface area contributed by atoms with Crippen LogP contribution in [0.2, 0.25) is 0 Å². The summed E-state index contributed by atoms with van der Waals surface area (Å²) in [4.78, 5) is 24.6. The van der Waals surface area contributed by atoms with Crippen molar-refractivity contribution in [3.05, 3.63) is 59.4 Å². The van der Waals surface area contributed by atoms with E-state index in [1.807, 2.05) is 0 Å². The van der Waals surface area contributed by atoms with Crippen molar-refractivity contribution in [2.45, 2.75) is 23.6 Å². The van der Waals surface area contributed by atoms with Gasteiger partial charge in [0.15, 0.2) is 5.60 Å². The summed E-state index contributed by atoms with van der Waals surface area (Å²) in [6.07, 6.45) is -4.80. The third-order valence-electron chi connectivity index (χ3n) is 3.88. The van der Waals surface area contributed by atoms with Gasteiger partial charge in [-0.3, -0.25) is 9.59 Å². The monoisotopic (exact) mass is 399 g/mol. The van der Waals surface area contributed by atoms with Crippen LogP contribution in [0.3, 0.4) is 0 Å². The summed E-state index contributed by atoms with van der Waals surface area (Å²) in [5, 5.41) is 1.51. The number of nitrogens with one attached hydrogen (secondary N) is 1. The Morgan fingerprint density at radius 1 is 1.15 bits per heavy atom. The van der Waals surface area contributed by atoms with Crippen molar-refractivity contribution < 1.29 is 31.9 Å². The van der Waals surface area contributed by atoms with E-state index in [-0.39, 0.29) is 12.3 Å². The van der Waals surface area contributed by atoms with E-state index >= 15 is 0 Å². The zero-order chi connectivity index (χ0) is 19.8. The first-order chi connectivity index (χ1) is 12.6. The standard InChI is InChI=1S/C18H13F4NO3S/c1-17(9-26-17)16(25)23-11-4-7-13(14(8-11)18(20,21)22)15(24)27-12-5-2-10(19)3-6-12/h2-8H,9H2,1H3,(H,23,25). The normalized spacial score (nSPS) is 18.9. The first kappa shape index (κ1) is 19.4. The largest absolute Gasteiger partial charge is 0.417 e. The van der Waals surface area contributed by atoms with Crippen LogP contribution in [0.1, 0.15) is 22.8 Å². The highest BCUT2D eigenvalue weighted by atomic mass is 32.2. The van der Waals surface area contributed by atoms with Gasteiger partial charge < -0.3 is 10.1 Å². The molecule has 142 valence electrons. The molecule has 3 rings (SSSR count). The van der Waals surface area contributed by atoms with Gasteiger partial charge in [-0.2, -0.15) is 13.2 Å². The van der Waals surface area contributed by atoms with Gasteiger partial charge in [-0.15, -0.1) is 0 Å². The number of thioether (sulfide) groups is 1. The van der Waals surface area contributed by atoms with Crippen molar-refractivity contribution in [1.82, 2.24) is 0 Å². The number of halogens is 4. The number of carbonyl (C=O) groups excluding carboxylic acids is 2. The molecule has 1 aliphatic rings. The molecule has 1 atom stereocenters. The molecular formula is C18H13F4NO3S. The summed E-state index contributed by atoms with van der Waals surface area (Å²) in [5.74, 6) is -1.08. The molecule has 2 aromatic carbocycles. The maximum atomic E-state index is 13.4. The molecule has 1 amide bonds. The van der Waals surface area contributed by atoms with Crippen molar-refractivity contribution >= 4 is 28.5 Å². The number of alkyl halides is 3. The number of amides is 1. The van der Waals surface area contributed by atoms with Crippen LogP contribution in [0.5, 0.6) is 0 Å². The third kappa shape index (κ3) is 4.48. The van der Waals surface area contributed by atoms with Crippen LogP contribution in [-0.2, 0) is 15.7 Å². The molecule has 0 saturated carbocycles. The zero-order valence-corrected chi connectivity index (χ0v) is 14.7. The maximum Gasteiger partial charge on any atom is 0.417 e. The Morgan fingerprint density at radius 2 is 1.78 bits per heavy atom. The Bertz CT molecular complexity index is 892. The second-order valence-corrected chi connectivity index (χ2v) is 7.12. The Kier molecular flexibility index (Phi) is 5.00. The van der Waals surface area contributed by atoms with Crippen molar-refractivity contribution in [3.63, 3.8) is 0 Å². The van der Waals surface area contributed by atoms with Gasteiger partial charge in [0.25, 0.3) is 5.91 Å². The van der Waals surface area contributed by atoms with Gasteiger partial charge in [0.2, 0.25) is 5.12 Å². The number of benzene rings is 2. The molecule has 0 radical (unpaired) electrons. The SMILES string of the molecule is CC1(C(=O)Nc2ccc(C(=O)Sc3ccc(F)cc3)c(C(F)(F)F)c2)CO1. The van der Waals surface area contributed by atoms with Crippen molar-refractivity contribution in [2.75, 3.05) is 11.9 Å². The lowest BCUT2D eigenvalue weighted by Crippen LogP contribution is -2.28. The van der Waals surface area contributed by atoms with Crippen molar-refractivity contribution in [3.8, 4) is 0 Å². The van der Waals surface area contributed by atoms with Crippen LogP contribution in [-0.4, -0.2) is 23.2 Å². The van der Waals surface area contributed by atoms with E-state index in [2.05, 4.69) is 5.32 Å². The molecule has 1 N–H and O–H groups in total. The summed E-state index contributed by atoms with van der Waals surface area (Å²) >= 11 is 0.557. The number of rotatable bonds is 4. The average molecular weight is 399 g/mol. The molecule has 1 aliphatic heterocycles. The number of hydrogen-bond donors (Lipinski definition) is 1. The Balaban J connectivity index is 1.86. The zero-order valence-electron chi connectivity index (χ0n) is 13.9. The minimum Gasteiger partial charge on any atom is -0.359 e. The van der Waals surface area contributed by atoms with E-state index in [9.17, 15) is 27.2 Å². The van der Waals surface area contributed by atoms with E-state index < -0.39 is 39.7 Å². The molecule has 9 heteroatoms. The van der Waals surface area contributed by atoms with Gasteiger partial charge in [-0.25, -0.2) is 4.39 Å². The fourth-order valence-electron chi connectivity index (χ4n) is 2.20. The van der Waals surface area contributed by atoms with E-state index in [0.29, 0.717) is 22.7 Å².